The summed E-state index contributed by atoms with van der Waals surface area (Å²) in [5.41, 5.74) is 1.08. The smallest absolute Gasteiger partial charge is 0.355 e. The molecule has 12 aromatic rings. The summed E-state index contributed by atoms with van der Waals surface area (Å²) in [6.07, 6.45) is 14.4. The van der Waals surface area contributed by atoms with Gasteiger partial charge < -0.3 is 44.7 Å². The van der Waals surface area contributed by atoms with Crippen LogP contribution in [0.2, 0.25) is 0 Å². The molecule has 648 valence electrons. The number of phenolic OH excluding ortho intramolecular Hbond substituents is 3. The van der Waals surface area contributed by atoms with Crippen molar-refractivity contribution in [2.24, 2.45) is 0 Å². The van der Waals surface area contributed by atoms with Crippen molar-refractivity contribution in [3.63, 3.8) is 0 Å². The van der Waals surface area contributed by atoms with Crippen LogP contribution in [0.5, 0.6) is 17.2 Å². The molecular formula is C89H89F5N18O10S3. The maximum absolute atomic E-state index is 16.1. The van der Waals surface area contributed by atoms with Crippen molar-refractivity contribution in [1.29, 1.82) is 0 Å². The van der Waals surface area contributed by atoms with E-state index in [4.69, 9.17) is 0 Å². The van der Waals surface area contributed by atoms with Gasteiger partial charge in [0.15, 0.2) is 34.4 Å². The van der Waals surface area contributed by atoms with Gasteiger partial charge in [-0.05, 0) is 167 Å². The van der Waals surface area contributed by atoms with E-state index in [0.717, 1.165) is 35.4 Å². The molecule has 0 spiro atoms. The highest BCUT2D eigenvalue weighted by Gasteiger charge is 2.37. The first-order chi connectivity index (χ1) is 59.8. The van der Waals surface area contributed by atoms with Crippen LogP contribution in [-0.2, 0) is 37.4 Å². The lowest BCUT2D eigenvalue weighted by atomic mass is 10.0. The van der Waals surface area contributed by atoms with E-state index in [9.17, 15) is 57.1 Å². The van der Waals surface area contributed by atoms with Gasteiger partial charge in [0, 0.05) is 108 Å². The number of thioether (sulfide) groups is 2. The monoisotopic (exact) mass is 1760 g/mol. The molecular weight excluding hydrogens is 1670 g/mol. The molecule has 4 atom stereocenters. The van der Waals surface area contributed by atoms with Gasteiger partial charge in [-0.25, -0.2) is 70.0 Å². The molecule has 3 aromatic carbocycles. The molecule has 36 heteroatoms. The Morgan fingerprint density at radius 2 is 0.888 bits per heavy atom. The van der Waals surface area contributed by atoms with Gasteiger partial charge in [0.2, 0.25) is 17.7 Å². The van der Waals surface area contributed by atoms with E-state index in [0.29, 0.717) is 110 Å². The third-order valence-corrected chi connectivity index (χ3v) is 24.2. The van der Waals surface area contributed by atoms with Crippen molar-refractivity contribution in [3.8, 4) is 68.1 Å². The van der Waals surface area contributed by atoms with Crippen molar-refractivity contribution >= 4 is 103 Å². The zero-order valence-electron chi connectivity index (χ0n) is 70.2. The number of phenols is 3. The van der Waals surface area contributed by atoms with E-state index in [1.807, 2.05) is 82.6 Å². The highest BCUT2D eigenvalue weighted by Crippen LogP contribution is 2.43. The Morgan fingerprint density at radius 1 is 0.512 bits per heavy atom. The van der Waals surface area contributed by atoms with Crippen LogP contribution < -0.4 is 31.8 Å². The number of halogens is 5. The molecule has 3 aliphatic heterocycles. The van der Waals surface area contributed by atoms with Crippen LogP contribution in [0.4, 0.5) is 39.4 Å². The quantitative estimate of drug-likeness (QED) is 0.0408. The van der Waals surface area contributed by atoms with E-state index >= 15 is 13.2 Å². The molecule has 15 rings (SSSR count). The minimum Gasteiger partial charge on any atom is -0.507 e. The Labute approximate surface area is 725 Å². The summed E-state index contributed by atoms with van der Waals surface area (Å²) in [5, 5.41) is 32.9. The number of pyridine rings is 6. The number of amides is 3. The van der Waals surface area contributed by atoms with Crippen LogP contribution in [0.1, 0.15) is 75.5 Å². The summed E-state index contributed by atoms with van der Waals surface area (Å²) in [6, 6.07) is 19.8. The molecule has 3 saturated heterocycles. The topological polar surface area (TPSA) is 330 Å². The second-order valence-electron chi connectivity index (χ2n) is 30.2. The largest absolute Gasteiger partial charge is 0.507 e. The third kappa shape index (κ3) is 17.4. The first-order valence-corrected chi connectivity index (χ1v) is 43.9. The standard InChI is InChI=1S/C31H33FN6O4S.2C29H28F2N6O3S/c1-7-24(40)36-13-14-37(19(5)16-36)29-20-15-21(32)27(25-22(39)9-8-10-23(25)43(6)42)34-30(20)38(31(41)35-29)28-18(4)11-12-33-26(28)17(2)3;1-5-23(39)35-11-12-36(17(3)14-35)27-18-13-20(31)25(24-19(30)7-6-8-22(24)38)33-28(18)37(29(40)34-27)26-16(2)9-10-32-21(26)15-41-4;1-5-17-10-11-32-28(41-4)25(17)37-27-18(14-20(31)24(33-27)23-19(30)8-7-9-21(23)38)26(34-29(37)40)36-13-12-35(15-16(36)3)22(39)6-2/h7-12,15,17,19,39H,1,13-14,16H2,2-6H3;5-10,13,17,38H,1,11-12,14-15H2,2-4H3;6-11,14,16,38H,2,5,12-13,15H2,1,3-4H3/t19-,43?;17-;16-/m000/s1. The molecule has 3 N–H and O–H groups in total. The van der Waals surface area contributed by atoms with E-state index in [1.54, 1.807) is 51.5 Å². The number of rotatable bonds is 18. The predicted molar refractivity (Wildman–Crippen MR) is 475 cm³/mol. The number of carbonyl (C=O) groups excluding carboxylic acids is 3. The number of fused-ring (bicyclic) bond motifs is 3. The SMILES string of the molecule is C=CC(=O)N1CCN(c2nc(=O)n(-c3c(C)ccnc3C(C)C)c3nc(-c4c(O)cccc4S(C)=O)c(F)cc23)[C@@H](C)C1.C=CC(=O)N1CCN(c2nc(=O)n(-c3c(C)ccnc3CSC)c3nc(-c4c(O)cccc4F)c(F)cc23)[C@@H](C)C1.C=CC(=O)N1CCN(c2nc(=O)n(-c3c(CC)ccnc3SC)c3nc(-c4c(O)cccc4F)c(F)cc23)[C@@H](C)C1. The Bertz CT molecular complexity index is 6510. The van der Waals surface area contributed by atoms with Gasteiger partial charge in [-0.1, -0.05) is 58.7 Å². The lowest BCUT2D eigenvalue weighted by Gasteiger charge is -2.40. The fourth-order valence-corrected chi connectivity index (χ4v) is 17.8. The maximum atomic E-state index is 16.1. The molecule has 12 heterocycles. The van der Waals surface area contributed by atoms with Crippen LogP contribution in [0.25, 0.3) is 83.9 Å². The molecule has 3 amide bonds. The Balaban J connectivity index is 0.000000161. The summed E-state index contributed by atoms with van der Waals surface area (Å²) in [4.78, 5) is 130. The molecule has 0 bridgehead atoms. The van der Waals surface area contributed by atoms with E-state index in [-0.39, 0.29) is 114 Å². The molecule has 28 nitrogen and oxygen atoms in total. The van der Waals surface area contributed by atoms with Crippen molar-refractivity contribution in [3.05, 3.63) is 236 Å². The minimum absolute atomic E-state index is 0.0167. The number of aromatic nitrogens is 12. The van der Waals surface area contributed by atoms with Crippen LogP contribution in [0.3, 0.4) is 0 Å². The number of hydrogen-bond donors (Lipinski definition) is 3. The average molecular weight is 1760 g/mol. The second-order valence-corrected chi connectivity index (χ2v) is 33.3. The summed E-state index contributed by atoms with van der Waals surface area (Å²) >= 11 is 2.84. The Morgan fingerprint density at radius 3 is 1.26 bits per heavy atom. The molecule has 0 radical (unpaired) electrons. The van der Waals surface area contributed by atoms with E-state index in [2.05, 4.69) is 64.6 Å². The summed E-state index contributed by atoms with van der Waals surface area (Å²) in [5.74, 6) is -5.16. The first-order valence-electron chi connectivity index (χ1n) is 39.8. The third-order valence-electron chi connectivity index (χ3n) is 22.0. The lowest BCUT2D eigenvalue weighted by Crippen LogP contribution is -2.54. The normalized spacial score (nSPS) is 15.6. The highest BCUT2D eigenvalue weighted by atomic mass is 32.2. The number of benzene rings is 3. The molecule has 1 unspecified atom stereocenters. The second kappa shape index (κ2) is 37.5. The number of aryl methyl sites for hydroxylation is 3. The van der Waals surface area contributed by atoms with Gasteiger partial charge in [-0.15, -0.1) is 11.8 Å². The van der Waals surface area contributed by atoms with Gasteiger partial charge in [0.25, 0.3) is 0 Å². The van der Waals surface area contributed by atoms with Crippen molar-refractivity contribution in [2.75, 3.05) is 92.4 Å². The molecule has 0 aliphatic carbocycles. The van der Waals surface area contributed by atoms with Crippen LogP contribution in [0.15, 0.2) is 172 Å². The van der Waals surface area contributed by atoms with Gasteiger partial charge in [-0.3, -0.25) is 28.6 Å². The van der Waals surface area contributed by atoms with Gasteiger partial charge in [0.05, 0.1) is 77.0 Å². The summed E-state index contributed by atoms with van der Waals surface area (Å²) < 4.78 is 94.0. The fourth-order valence-electron chi connectivity index (χ4n) is 16.0. The van der Waals surface area contributed by atoms with Gasteiger partial charge in [-0.2, -0.15) is 26.7 Å². The van der Waals surface area contributed by atoms with Crippen molar-refractivity contribution in [1.82, 2.24) is 73.3 Å². The van der Waals surface area contributed by atoms with Crippen LogP contribution in [0, 0.1) is 42.9 Å². The average Bonchev–Trinajstić information content (AvgIpc) is 0.742. The maximum Gasteiger partial charge on any atom is 0.355 e. The number of aromatic hydroxyl groups is 3. The molecule has 9 aromatic heterocycles. The molecule has 0 saturated carbocycles. The molecule has 125 heavy (non-hydrogen) atoms. The van der Waals surface area contributed by atoms with Crippen LogP contribution >= 0.6 is 23.5 Å². The van der Waals surface area contributed by atoms with Crippen molar-refractivity contribution in [2.45, 2.75) is 102 Å². The zero-order chi connectivity index (χ0) is 90.0. The first kappa shape index (κ1) is 89.7. The minimum atomic E-state index is -1.58. The predicted octanol–water partition coefficient (Wildman–Crippen LogP) is 12.6. The Hall–Kier alpha value is -13.1. The lowest BCUT2D eigenvalue weighted by molar-refractivity contribution is -0.127. The zero-order valence-corrected chi connectivity index (χ0v) is 72.6. The number of hydrogen-bond acceptors (Lipinski definition) is 24. The van der Waals surface area contributed by atoms with E-state index < -0.39 is 91.0 Å². The number of piperazine rings is 3. The highest BCUT2D eigenvalue weighted by molar-refractivity contribution is 7.98. The fraction of sp³-hybridized carbons (Fsp3) is 0.292. The summed E-state index contributed by atoms with van der Waals surface area (Å²) in [6.45, 7) is 28.9. The van der Waals surface area contributed by atoms with Crippen LogP contribution in [-0.4, -0.2) is 206 Å². The summed E-state index contributed by atoms with van der Waals surface area (Å²) in [7, 11) is -1.58. The van der Waals surface area contributed by atoms with Crippen molar-refractivity contribution < 1.29 is 55.9 Å². The molecule has 3 fully saturated rings. The number of nitrogens with zero attached hydrogens (tertiary/aromatic N) is 18. The van der Waals surface area contributed by atoms with Gasteiger partial charge >= 0.3 is 17.1 Å². The number of carbonyl (C=O) groups is 3. The van der Waals surface area contributed by atoms with E-state index in [1.165, 1.54) is 110 Å². The Kier molecular flexibility index (Phi) is 26.9. The molecule has 3 aliphatic rings. The van der Waals surface area contributed by atoms with Gasteiger partial charge in [0.1, 0.15) is 68.4 Å². The number of anilines is 3.